The van der Waals surface area contributed by atoms with Crippen LogP contribution in [0.5, 0.6) is 0 Å². The van der Waals surface area contributed by atoms with Crippen LogP contribution in [0, 0.1) is 5.92 Å². The Hall–Kier alpha value is -2.08. The fourth-order valence-electron chi connectivity index (χ4n) is 4.79. The number of rotatable bonds is 3. The molecule has 0 radical (unpaired) electrons. The van der Waals surface area contributed by atoms with Gasteiger partial charge >= 0.3 is 6.03 Å². The zero-order valence-electron chi connectivity index (χ0n) is 16.4. The molecule has 0 N–H and O–H groups in total. The lowest BCUT2D eigenvalue weighted by atomic mass is 9.94. The van der Waals surface area contributed by atoms with E-state index < -0.39 is 0 Å². The summed E-state index contributed by atoms with van der Waals surface area (Å²) in [5.74, 6) is 0.660. The second kappa shape index (κ2) is 7.50. The van der Waals surface area contributed by atoms with E-state index in [4.69, 9.17) is 0 Å². The number of hydrogen-bond donors (Lipinski definition) is 0. The van der Waals surface area contributed by atoms with Crippen LogP contribution in [0.25, 0.3) is 0 Å². The quantitative estimate of drug-likeness (QED) is 0.818. The highest BCUT2D eigenvalue weighted by atomic mass is 16.2. The van der Waals surface area contributed by atoms with Crippen molar-refractivity contribution in [1.82, 2.24) is 19.6 Å². The van der Waals surface area contributed by atoms with Crippen molar-refractivity contribution in [2.45, 2.75) is 38.4 Å². The summed E-state index contributed by atoms with van der Waals surface area (Å²) < 4.78 is 0. The summed E-state index contributed by atoms with van der Waals surface area (Å²) in [5, 5.41) is 0. The molecule has 5 rings (SSSR count). The highest BCUT2D eigenvalue weighted by Crippen LogP contribution is 2.29. The van der Waals surface area contributed by atoms with Crippen molar-refractivity contribution in [1.29, 1.82) is 0 Å². The van der Waals surface area contributed by atoms with Crippen molar-refractivity contribution in [3.05, 3.63) is 35.4 Å². The van der Waals surface area contributed by atoms with Crippen molar-refractivity contribution in [2.75, 3.05) is 40.3 Å². The first-order chi connectivity index (χ1) is 13.0. The lowest BCUT2D eigenvalue weighted by Gasteiger charge is -2.36. The number of carbonyl (C=O) groups is 2. The van der Waals surface area contributed by atoms with Crippen LogP contribution in [-0.2, 0) is 17.9 Å². The molecule has 2 bridgehead atoms. The van der Waals surface area contributed by atoms with E-state index in [1.54, 1.807) is 19.0 Å². The van der Waals surface area contributed by atoms with Crippen molar-refractivity contribution in [3.63, 3.8) is 0 Å². The van der Waals surface area contributed by atoms with E-state index in [1.165, 1.54) is 11.1 Å². The fourth-order valence-corrected chi connectivity index (χ4v) is 4.79. The van der Waals surface area contributed by atoms with Gasteiger partial charge in [0.15, 0.2) is 0 Å². The SMILES string of the molecule is CN(C)C(=O)N1C[C@@H]2CC[C@H](C1)N(C(=O)CCN1Cc3ccccc3C1)C2. The van der Waals surface area contributed by atoms with E-state index in [2.05, 4.69) is 34.1 Å². The first-order valence-corrected chi connectivity index (χ1v) is 10.1. The Kier molecular flexibility index (Phi) is 5.08. The summed E-state index contributed by atoms with van der Waals surface area (Å²) in [7, 11) is 3.60. The van der Waals surface area contributed by atoms with E-state index in [1.807, 2.05) is 4.90 Å². The van der Waals surface area contributed by atoms with Crippen LogP contribution in [0.2, 0.25) is 0 Å². The van der Waals surface area contributed by atoms with E-state index >= 15 is 0 Å². The monoisotopic (exact) mass is 370 g/mol. The van der Waals surface area contributed by atoms with Crippen LogP contribution in [0.15, 0.2) is 24.3 Å². The molecule has 6 heteroatoms. The largest absolute Gasteiger partial charge is 0.338 e. The van der Waals surface area contributed by atoms with E-state index in [-0.39, 0.29) is 18.0 Å². The Bertz CT molecular complexity index is 695. The number of hydrogen-bond acceptors (Lipinski definition) is 3. The molecular weight excluding hydrogens is 340 g/mol. The third-order valence-electron chi connectivity index (χ3n) is 6.24. The summed E-state index contributed by atoms with van der Waals surface area (Å²) in [5.41, 5.74) is 2.77. The number of amides is 3. The lowest BCUT2D eigenvalue weighted by molar-refractivity contribution is -0.135. The van der Waals surface area contributed by atoms with Gasteiger partial charge < -0.3 is 14.7 Å². The number of nitrogens with zero attached hydrogens (tertiary/aromatic N) is 4. The maximum absolute atomic E-state index is 13.0. The average Bonchev–Trinajstić information content (AvgIpc) is 2.85. The van der Waals surface area contributed by atoms with Gasteiger partial charge in [0.1, 0.15) is 0 Å². The molecular formula is C21H30N4O2. The maximum atomic E-state index is 13.0. The fraction of sp³-hybridized carbons (Fsp3) is 0.619. The molecule has 1 aromatic carbocycles. The van der Waals surface area contributed by atoms with Crippen molar-refractivity contribution in [2.24, 2.45) is 5.92 Å². The minimum Gasteiger partial charge on any atom is -0.338 e. The Balaban J connectivity index is 1.34. The van der Waals surface area contributed by atoms with Gasteiger partial charge in [0.2, 0.25) is 5.91 Å². The summed E-state index contributed by atoms with van der Waals surface area (Å²) in [6.45, 7) is 4.96. The molecule has 0 unspecified atom stereocenters. The number of fused-ring (bicyclic) bond motifs is 5. The molecule has 27 heavy (non-hydrogen) atoms. The summed E-state index contributed by atoms with van der Waals surface area (Å²) in [6.07, 6.45) is 2.70. The van der Waals surface area contributed by atoms with Gasteiger partial charge in [0.25, 0.3) is 0 Å². The van der Waals surface area contributed by atoms with E-state index in [0.29, 0.717) is 18.9 Å². The van der Waals surface area contributed by atoms with Crippen LogP contribution in [0.1, 0.15) is 30.4 Å². The lowest BCUT2D eigenvalue weighted by Crippen LogP contribution is -2.49. The van der Waals surface area contributed by atoms with Crippen LogP contribution >= 0.6 is 0 Å². The summed E-state index contributed by atoms with van der Waals surface area (Å²) in [6, 6.07) is 8.78. The highest BCUT2D eigenvalue weighted by Gasteiger charge is 2.38. The maximum Gasteiger partial charge on any atom is 0.319 e. The molecule has 4 aliphatic rings. The molecule has 0 aromatic heterocycles. The minimum atomic E-state index is 0.0658. The Morgan fingerprint density at radius 1 is 1.04 bits per heavy atom. The zero-order chi connectivity index (χ0) is 19.0. The highest BCUT2D eigenvalue weighted by molar-refractivity contribution is 5.78. The molecule has 4 heterocycles. The third kappa shape index (κ3) is 3.81. The van der Waals surface area contributed by atoms with Gasteiger partial charge in [-0.25, -0.2) is 4.79 Å². The van der Waals surface area contributed by atoms with Crippen LogP contribution < -0.4 is 0 Å². The molecule has 1 aromatic rings. The molecule has 0 aliphatic carbocycles. The molecule has 146 valence electrons. The molecule has 0 spiro atoms. The van der Waals surface area contributed by atoms with Gasteiger partial charge in [0, 0.05) is 65.8 Å². The van der Waals surface area contributed by atoms with Gasteiger partial charge in [-0.05, 0) is 29.9 Å². The second-order valence-electron chi connectivity index (χ2n) is 8.45. The van der Waals surface area contributed by atoms with Gasteiger partial charge in [-0.2, -0.15) is 0 Å². The molecule has 0 saturated carbocycles. The van der Waals surface area contributed by atoms with Crippen molar-refractivity contribution in [3.8, 4) is 0 Å². The second-order valence-corrected chi connectivity index (χ2v) is 8.45. The first kappa shape index (κ1) is 18.3. The van der Waals surface area contributed by atoms with Gasteiger partial charge in [-0.1, -0.05) is 24.3 Å². The summed E-state index contributed by atoms with van der Waals surface area (Å²) >= 11 is 0. The predicted molar refractivity (Wildman–Crippen MR) is 104 cm³/mol. The number of carbonyl (C=O) groups excluding carboxylic acids is 2. The molecule has 3 fully saturated rings. The number of urea groups is 1. The topological polar surface area (TPSA) is 47.1 Å². The summed E-state index contributed by atoms with van der Waals surface area (Å²) in [4.78, 5) is 33.4. The van der Waals surface area contributed by atoms with Crippen LogP contribution in [0.4, 0.5) is 4.79 Å². The Labute approximate surface area is 161 Å². The molecule has 3 amide bonds. The van der Waals surface area contributed by atoms with Gasteiger partial charge in [-0.15, -0.1) is 0 Å². The first-order valence-electron chi connectivity index (χ1n) is 10.1. The smallest absolute Gasteiger partial charge is 0.319 e. The van der Waals surface area contributed by atoms with Crippen LogP contribution in [-0.4, -0.2) is 77.9 Å². The molecule has 2 atom stereocenters. The standard InChI is InChI=1S/C21H30N4O2/c1-22(2)21(27)24-11-16-7-8-19(15-24)25(12-16)20(26)9-10-23-13-17-5-3-4-6-18(17)14-23/h3-6,16,19H,7-15H2,1-2H3/t16-,19+/m0/s1. The number of piperidine rings is 1. The Morgan fingerprint density at radius 3 is 2.41 bits per heavy atom. The van der Waals surface area contributed by atoms with E-state index in [0.717, 1.165) is 45.6 Å². The Morgan fingerprint density at radius 2 is 1.74 bits per heavy atom. The molecule has 4 aliphatic heterocycles. The third-order valence-corrected chi connectivity index (χ3v) is 6.24. The van der Waals surface area contributed by atoms with Crippen LogP contribution in [0.3, 0.4) is 0 Å². The molecule has 3 saturated heterocycles. The van der Waals surface area contributed by atoms with Crippen molar-refractivity contribution >= 4 is 11.9 Å². The molecule has 6 nitrogen and oxygen atoms in total. The van der Waals surface area contributed by atoms with Gasteiger partial charge in [0.05, 0.1) is 0 Å². The van der Waals surface area contributed by atoms with E-state index in [9.17, 15) is 9.59 Å². The number of benzene rings is 1. The average molecular weight is 370 g/mol. The van der Waals surface area contributed by atoms with Crippen molar-refractivity contribution < 1.29 is 9.59 Å². The van der Waals surface area contributed by atoms with Gasteiger partial charge in [-0.3, -0.25) is 9.69 Å². The minimum absolute atomic E-state index is 0.0658. The zero-order valence-corrected chi connectivity index (χ0v) is 16.4. The predicted octanol–water partition coefficient (Wildman–Crippen LogP) is 2.00. The normalized spacial score (nSPS) is 24.7.